The molecule has 11 nitrogen and oxygen atoms in total. The molecule has 4 aromatic rings. The van der Waals surface area contributed by atoms with Gasteiger partial charge in [-0.1, -0.05) is 42.5 Å². The molecule has 1 heterocycles. The van der Waals surface area contributed by atoms with E-state index in [9.17, 15) is 41.6 Å². The molecule has 0 fully saturated rings. The van der Waals surface area contributed by atoms with Gasteiger partial charge in [-0.15, -0.1) is 0 Å². The molecule has 3 aromatic carbocycles. The van der Waals surface area contributed by atoms with Gasteiger partial charge in [-0.3, -0.25) is 15.0 Å². The van der Waals surface area contributed by atoms with Gasteiger partial charge < -0.3 is 9.84 Å². The highest BCUT2D eigenvalue weighted by atomic mass is 19.4. The highest BCUT2D eigenvalue weighted by Gasteiger charge is 2.59. The minimum absolute atomic E-state index is 0.146. The van der Waals surface area contributed by atoms with Crippen LogP contribution in [-0.4, -0.2) is 49.7 Å². The van der Waals surface area contributed by atoms with Crippen LogP contribution >= 0.6 is 0 Å². The van der Waals surface area contributed by atoms with E-state index in [0.717, 1.165) is 12.3 Å². The summed E-state index contributed by atoms with van der Waals surface area (Å²) in [6.45, 7) is 0. The topological polar surface area (TPSA) is 139 Å². The maximum atomic E-state index is 13.3. The van der Waals surface area contributed by atoms with E-state index in [1.807, 2.05) is 0 Å². The molecule has 17 heteroatoms. The van der Waals surface area contributed by atoms with Crippen LogP contribution in [0.4, 0.5) is 55.3 Å². The van der Waals surface area contributed by atoms with E-state index >= 15 is 0 Å². The summed E-state index contributed by atoms with van der Waals surface area (Å²) in [5.41, 5.74) is 2.18. The number of nitro benzene ring substituents is 1. The normalized spacial score (nSPS) is 12.0. The Labute approximate surface area is 231 Å². The number of para-hydroxylation sites is 3. The predicted molar refractivity (Wildman–Crippen MR) is 137 cm³/mol. The molecule has 42 heavy (non-hydrogen) atoms. The molecule has 0 atom stereocenters. The number of hydrogen-bond acceptors (Lipinski definition) is 10. The van der Waals surface area contributed by atoms with Crippen molar-refractivity contribution >= 4 is 35.2 Å². The smallest absolute Gasteiger partial charge is 0.434 e. The maximum absolute atomic E-state index is 13.3. The quantitative estimate of drug-likeness (QED) is 0.0994. The van der Waals surface area contributed by atoms with E-state index < -0.39 is 52.7 Å². The Kier molecular flexibility index (Phi) is 8.39. The third-order valence-corrected chi connectivity index (χ3v) is 5.26. The molecule has 0 spiro atoms. The van der Waals surface area contributed by atoms with Crippen LogP contribution in [0.2, 0.25) is 0 Å². The number of ether oxygens (including phenoxy) is 1. The second-order valence-electron chi connectivity index (χ2n) is 8.17. The van der Waals surface area contributed by atoms with E-state index in [1.165, 1.54) is 17.0 Å². The molecule has 1 aromatic heterocycles. The van der Waals surface area contributed by atoms with E-state index in [1.54, 1.807) is 60.7 Å². The molecule has 0 amide bonds. The van der Waals surface area contributed by atoms with E-state index in [-0.39, 0.29) is 5.56 Å². The number of benzene rings is 3. The first-order valence-electron chi connectivity index (χ1n) is 11.6. The van der Waals surface area contributed by atoms with Crippen molar-refractivity contribution in [1.82, 2.24) is 15.0 Å². The standard InChI is InChI=1S/C25H17F6N7O4/c26-24(27,28)20(25(29,30)31)42-23-34-21(36-32-14-15-8-7-13-18(19(15)39)38(40)41)33-22(35-23)37(16-9-3-1-4-10-16)17-11-5-2-6-12-17/h1-14,20,39H,(H,33,34,35,36)/b32-14-. The van der Waals surface area contributed by atoms with Gasteiger partial charge in [0, 0.05) is 23.0 Å². The number of hydrogen-bond donors (Lipinski definition) is 2. The van der Waals surface area contributed by atoms with Gasteiger partial charge in [0.15, 0.2) is 0 Å². The average molecular weight is 593 g/mol. The number of nitro groups is 1. The average Bonchev–Trinajstić information content (AvgIpc) is 2.93. The first-order valence-corrected chi connectivity index (χ1v) is 11.6. The molecular formula is C25H17F6N7O4. The van der Waals surface area contributed by atoms with Crippen LogP contribution in [0.5, 0.6) is 11.8 Å². The number of rotatable bonds is 9. The number of anilines is 4. The molecule has 0 aliphatic carbocycles. The Morgan fingerprint density at radius 1 is 0.881 bits per heavy atom. The number of phenolic OH excluding ortho intramolecular Hbond substituents is 1. The summed E-state index contributed by atoms with van der Waals surface area (Å²) >= 11 is 0. The molecule has 0 saturated carbocycles. The fraction of sp³-hybridized carbons (Fsp3) is 0.120. The van der Waals surface area contributed by atoms with Gasteiger partial charge in [-0.2, -0.15) is 46.4 Å². The van der Waals surface area contributed by atoms with Gasteiger partial charge >= 0.3 is 24.1 Å². The predicted octanol–water partition coefficient (Wildman–Crippen LogP) is 6.27. The lowest BCUT2D eigenvalue weighted by atomic mass is 10.2. The van der Waals surface area contributed by atoms with Crippen LogP contribution in [0, 0.1) is 10.1 Å². The lowest BCUT2D eigenvalue weighted by Crippen LogP contribution is -2.47. The lowest BCUT2D eigenvalue weighted by molar-refractivity contribution is -0.385. The second-order valence-corrected chi connectivity index (χ2v) is 8.17. The molecule has 4 rings (SSSR count). The zero-order valence-electron chi connectivity index (χ0n) is 20.8. The molecular weight excluding hydrogens is 576 g/mol. The summed E-state index contributed by atoms with van der Waals surface area (Å²) in [7, 11) is 0. The Morgan fingerprint density at radius 2 is 1.45 bits per heavy atom. The first kappa shape index (κ1) is 29.5. The molecule has 0 radical (unpaired) electrons. The fourth-order valence-corrected chi connectivity index (χ4v) is 3.47. The number of aromatic nitrogens is 3. The van der Waals surface area contributed by atoms with Gasteiger partial charge in [0.1, 0.15) is 0 Å². The maximum Gasteiger partial charge on any atom is 0.434 e. The van der Waals surface area contributed by atoms with E-state index in [4.69, 9.17) is 0 Å². The van der Waals surface area contributed by atoms with Gasteiger partial charge in [0.05, 0.1) is 11.1 Å². The van der Waals surface area contributed by atoms with Crippen molar-refractivity contribution in [2.24, 2.45) is 5.10 Å². The molecule has 0 bridgehead atoms. The highest BCUT2D eigenvalue weighted by molar-refractivity contribution is 5.86. The Hall–Kier alpha value is -5.48. The fourth-order valence-electron chi connectivity index (χ4n) is 3.47. The van der Waals surface area contributed by atoms with Crippen molar-refractivity contribution < 1.29 is 41.1 Å². The van der Waals surface area contributed by atoms with Gasteiger partial charge in [-0.05, 0) is 30.3 Å². The van der Waals surface area contributed by atoms with Crippen LogP contribution in [0.1, 0.15) is 5.56 Å². The van der Waals surface area contributed by atoms with Crippen LogP contribution in [0.25, 0.3) is 0 Å². The zero-order valence-corrected chi connectivity index (χ0v) is 20.8. The molecule has 2 N–H and O–H groups in total. The number of aromatic hydroxyl groups is 1. The number of alkyl halides is 6. The molecule has 0 saturated heterocycles. The lowest BCUT2D eigenvalue weighted by Gasteiger charge is -2.25. The largest absolute Gasteiger partial charge is 0.502 e. The van der Waals surface area contributed by atoms with Gasteiger partial charge in [0.25, 0.3) is 12.1 Å². The summed E-state index contributed by atoms with van der Waals surface area (Å²) in [5, 5.41) is 24.8. The zero-order chi connectivity index (χ0) is 30.5. The van der Waals surface area contributed by atoms with E-state index in [0.29, 0.717) is 11.4 Å². The summed E-state index contributed by atoms with van der Waals surface area (Å²) in [6, 6.07) is 18.4. The highest BCUT2D eigenvalue weighted by Crippen LogP contribution is 2.37. The van der Waals surface area contributed by atoms with Crippen molar-refractivity contribution in [3.63, 3.8) is 0 Å². The Balaban J connectivity index is 1.80. The van der Waals surface area contributed by atoms with Crippen molar-refractivity contribution in [2.45, 2.75) is 18.5 Å². The number of nitrogens with zero attached hydrogens (tertiary/aromatic N) is 6. The SMILES string of the molecule is O=[N+]([O-])c1cccc(/C=N\Nc2nc(OC(C(F)(F)F)C(F)(F)F)nc(N(c3ccccc3)c3ccccc3)n2)c1O. The molecule has 0 aliphatic rings. The Morgan fingerprint density at radius 3 is 1.98 bits per heavy atom. The number of halogens is 6. The number of hydrazone groups is 1. The van der Waals surface area contributed by atoms with Gasteiger partial charge in [0.2, 0.25) is 11.7 Å². The third-order valence-electron chi connectivity index (χ3n) is 5.26. The van der Waals surface area contributed by atoms with Gasteiger partial charge in [-0.25, -0.2) is 5.43 Å². The molecule has 0 unspecified atom stereocenters. The van der Waals surface area contributed by atoms with Crippen LogP contribution in [0.3, 0.4) is 0 Å². The number of nitrogens with one attached hydrogen (secondary N) is 1. The van der Waals surface area contributed by atoms with Crippen LogP contribution in [-0.2, 0) is 0 Å². The first-order chi connectivity index (χ1) is 19.8. The third kappa shape index (κ3) is 6.98. The molecule has 218 valence electrons. The summed E-state index contributed by atoms with van der Waals surface area (Å²) < 4.78 is 83.9. The number of phenols is 1. The summed E-state index contributed by atoms with van der Waals surface area (Å²) in [4.78, 5) is 22.8. The van der Waals surface area contributed by atoms with Crippen molar-refractivity contribution in [1.29, 1.82) is 0 Å². The Bertz CT molecular complexity index is 1520. The van der Waals surface area contributed by atoms with Crippen LogP contribution < -0.4 is 15.1 Å². The minimum atomic E-state index is -5.87. The summed E-state index contributed by atoms with van der Waals surface area (Å²) in [5.74, 6) is -1.85. The van der Waals surface area contributed by atoms with Crippen molar-refractivity contribution in [3.05, 3.63) is 94.5 Å². The molecule has 0 aliphatic heterocycles. The minimum Gasteiger partial charge on any atom is -0.502 e. The van der Waals surface area contributed by atoms with Crippen molar-refractivity contribution in [3.8, 4) is 11.8 Å². The summed E-state index contributed by atoms with van der Waals surface area (Å²) in [6.07, 6.45) is -15.1. The monoisotopic (exact) mass is 593 g/mol. The second kappa shape index (κ2) is 11.9. The van der Waals surface area contributed by atoms with Crippen LogP contribution in [0.15, 0.2) is 84.0 Å². The van der Waals surface area contributed by atoms with E-state index in [2.05, 4.69) is 30.2 Å². The van der Waals surface area contributed by atoms with Crippen molar-refractivity contribution in [2.75, 3.05) is 10.3 Å².